The van der Waals surface area contributed by atoms with Gasteiger partial charge >= 0.3 is 11.9 Å². The number of carbonyl (C=O) groups excluding carboxylic acids is 4. The molecule has 0 fully saturated rings. The summed E-state index contributed by atoms with van der Waals surface area (Å²) in [5.41, 5.74) is 16.2. The molecule has 0 heterocycles. The van der Waals surface area contributed by atoms with Gasteiger partial charge in [-0.1, -0.05) is 48.0 Å². The van der Waals surface area contributed by atoms with E-state index < -0.39 is 90.0 Å². The number of carboxylic acids is 2. The molecule has 0 radical (unpaired) electrons. The smallest absolute Gasteiger partial charge is 0.326 e. The Hall–Kier alpha value is -3.95. The van der Waals surface area contributed by atoms with Crippen LogP contribution in [0.2, 0.25) is 0 Å². The molecule has 0 aliphatic carbocycles. The van der Waals surface area contributed by atoms with Crippen molar-refractivity contribution < 1.29 is 39.0 Å². The molecule has 16 nitrogen and oxygen atoms in total. The van der Waals surface area contributed by atoms with Gasteiger partial charge in [-0.25, -0.2) is 4.79 Å². The molecule has 0 spiro atoms. The molecular formula is C26H48N8O8. The summed E-state index contributed by atoms with van der Waals surface area (Å²) >= 11 is 0. The third-order valence-corrected chi connectivity index (χ3v) is 6.58. The lowest BCUT2D eigenvalue weighted by molar-refractivity contribution is -0.143. The van der Waals surface area contributed by atoms with E-state index in [-0.39, 0.29) is 25.3 Å². The van der Waals surface area contributed by atoms with Crippen molar-refractivity contribution >= 4 is 41.5 Å². The van der Waals surface area contributed by atoms with Crippen LogP contribution in [0.25, 0.3) is 0 Å². The predicted octanol–water partition coefficient (Wildman–Crippen LogP) is -1.78. The number of aliphatic imine (C=N–C) groups is 1. The zero-order chi connectivity index (χ0) is 32.7. The molecule has 240 valence electrons. The number of carbonyl (C=O) groups is 6. The maximum Gasteiger partial charge on any atom is 0.326 e. The molecule has 6 atom stereocenters. The van der Waals surface area contributed by atoms with Crippen molar-refractivity contribution in [1.82, 2.24) is 21.3 Å². The molecule has 0 aliphatic heterocycles. The highest BCUT2D eigenvalue weighted by Crippen LogP contribution is 2.13. The lowest BCUT2D eigenvalue weighted by Crippen LogP contribution is -2.61. The molecule has 0 aromatic carbocycles. The van der Waals surface area contributed by atoms with Gasteiger partial charge < -0.3 is 48.7 Å². The van der Waals surface area contributed by atoms with Crippen LogP contribution in [0.5, 0.6) is 0 Å². The maximum atomic E-state index is 13.4. The normalized spacial score (nSPS) is 15.4. The van der Waals surface area contributed by atoms with E-state index in [1.54, 1.807) is 41.5 Å². The average Bonchev–Trinajstić information content (AvgIpc) is 2.88. The van der Waals surface area contributed by atoms with Crippen molar-refractivity contribution in [3.8, 4) is 0 Å². The van der Waals surface area contributed by atoms with Crippen LogP contribution in [0.15, 0.2) is 4.99 Å². The van der Waals surface area contributed by atoms with E-state index in [4.69, 9.17) is 22.3 Å². The number of amides is 4. The molecule has 0 aliphatic rings. The van der Waals surface area contributed by atoms with Crippen molar-refractivity contribution in [1.29, 1.82) is 0 Å². The molecule has 0 saturated carbocycles. The van der Waals surface area contributed by atoms with Crippen molar-refractivity contribution in [2.45, 2.75) is 97.4 Å². The summed E-state index contributed by atoms with van der Waals surface area (Å²) in [6.45, 7) is 10.3. The molecule has 12 N–H and O–H groups in total. The van der Waals surface area contributed by atoms with Crippen LogP contribution in [-0.4, -0.2) is 88.5 Å². The van der Waals surface area contributed by atoms with E-state index >= 15 is 0 Å². The van der Waals surface area contributed by atoms with Gasteiger partial charge in [-0.3, -0.25) is 29.0 Å². The lowest BCUT2D eigenvalue weighted by Gasteiger charge is -2.30. The zero-order valence-electron chi connectivity index (χ0n) is 25.2. The van der Waals surface area contributed by atoms with Crippen molar-refractivity contribution in [3.05, 3.63) is 0 Å². The Morgan fingerprint density at radius 1 is 0.738 bits per heavy atom. The fraction of sp³-hybridized carbons (Fsp3) is 0.731. The highest BCUT2D eigenvalue weighted by molar-refractivity contribution is 5.96. The van der Waals surface area contributed by atoms with Crippen LogP contribution in [0, 0.1) is 17.8 Å². The monoisotopic (exact) mass is 600 g/mol. The van der Waals surface area contributed by atoms with Crippen LogP contribution in [0.3, 0.4) is 0 Å². The van der Waals surface area contributed by atoms with Crippen molar-refractivity contribution in [2.24, 2.45) is 39.9 Å². The number of hydrogen-bond acceptors (Lipinski definition) is 8. The van der Waals surface area contributed by atoms with Crippen LogP contribution in [0.4, 0.5) is 0 Å². The second-order valence-electron chi connectivity index (χ2n) is 10.9. The summed E-state index contributed by atoms with van der Waals surface area (Å²) in [5, 5.41) is 28.6. The molecule has 0 aromatic heterocycles. The second kappa shape index (κ2) is 18.5. The number of carboxylic acid groups (broad SMARTS) is 2. The summed E-state index contributed by atoms with van der Waals surface area (Å²) in [6.07, 6.45) is 0.162. The first-order valence-electron chi connectivity index (χ1n) is 13.9. The fourth-order valence-corrected chi connectivity index (χ4v) is 3.82. The van der Waals surface area contributed by atoms with Gasteiger partial charge in [0.25, 0.3) is 0 Å². The summed E-state index contributed by atoms with van der Waals surface area (Å²) in [4.78, 5) is 78.5. The summed E-state index contributed by atoms with van der Waals surface area (Å²) in [7, 11) is 0. The molecule has 0 aromatic rings. The van der Waals surface area contributed by atoms with E-state index in [0.29, 0.717) is 6.42 Å². The van der Waals surface area contributed by atoms with E-state index in [2.05, 4.69) is 26.3 Å². The molecule has 0 saturated heterocycles. The van der Waals surface area contributed by atoms with E-state index in [0.717, 1.165) is 0 Å². The van der Waals surface area contributed by atoms with Gasteiger partial charge in [0.2, 0.25) is 23.6 Å². The number of nitrogens with zero attached hydrogens (tertiary/aromatic N) is 1. The van der Waals surface area contributed by atoms with Crippen molar-refractivity contribution in [2.75, 3.05) is 6.54 Å². The van der Waals surface area contributed by atoms with Crippen LogP contribution in [-0.2, 0) is 28.8 Å². The van der Waals surface area contributed by atoms with E-state index in [1.807, 2.05) is 0 Å². The van der Waals surface area contributed by atoms with Gasteiger partial charge in [-0.15, -0.1) is 0 Å². The van der Waals surface area contributed by atoms with Gasteiger partial charge in [0.1, 0.15) is 24.2 Å². The Balaban J connectivity index is 5.73. The Kier molecular flexibility index (Phi) is 16.7. The molecule has 0 unspecified atom stereocenters. The number of hydrogen-bond donors (Lipinski definition) is 9. The highest BCUT2D eigenvalue weighted by atomic mass is 16.4. The summed E-state index contributed by atoms with van der Waals surface area (Å²) < 4.78 is 0. The maximum absolute atomic E-state index is 13.4. The molecule has 0 rings (SSSR count). The average molecular weight is 601 g/mol. The fourth-order valence-electron chi connectivity index (χ4n) is 3.82. The van der Waals surface area contributed by atoms with E-state index in [1.165, 1.54) is 0 Å². The first kappa shape index (κ1) is 38.0. The topological polar surface area (TPSA) is 281 Å². The van der Waals surface area contributed by atoms with Gasteiger partial charge in [-0.05, 0) is 30.6 Å². The van der Waals surface area contributed by atoms with E-state index in [9.17, 15) is 33.9 Å². The Labute approximate surface area is 246 Å². The first-order valence-corrected chi connectivity index (χ1v) is 13.9. The van der Waals surface area contributed by atoms with Gasteiger partial charge in [-0.2, -0.15) is 0 Å². The number of aliphatic carboxylic acids is 2. The minimum atomic E-state index is -1.38. The van der Waals surface area contributed by atoms with Gasteiger partial charge in [0, 0.05) is 6.54 Å². The highest BCUT2D eigenvalue weighted by Gasteiger charge is 2.35. The quantitative estimate of drug-likeness (QED) is 0.0454. The minimum absolute atomic E-state index is 0.0423. The molecule has 0 bridgehead atoms. The number of nitrogens with two attached hydrogens (primary N) is 3. The van der Waals surface area contributed by atoms with Crippen LogP contribution in [0.1, 0.15) is 67.2 Å². The summed E-state index contributed by atoms with van der Waals surface area (Å²) in [5.74, 6) is -6.90. The van der Waals surface area contributed by atoms with Crippen LogP contribution >= 0.6 is 0 Å². The van der Waals surface area contributed by atoms with Crippen LogP contribution < -0.4 is 38.5 Å². The van der Waals surface area contributed by atoms with Crippen molar-refractivity contribution in [3.63, 3.8) is 0 Å². The summed E-state index contributed by atoms with van der Waals surface area (Å²) in [6, 6.07) is -6.00. The molecule has 16 heteroatoms. The predicted molar refractivity (Wildman–Crippen MR) is 155 cm³/mol. The SMILES string of the molecule is CC[C@H](C)[C@H](NC(=O)[C@@H](NC(=O)[C@@H](N)CC(=O)O)C(C)C)C(=O)N[C@H](C(=O)N[C@@H](CCCN=C(N)N)C(=O)O)C(C)C. The van der Waals surface area contributed by atoms with Gasteiger partial charge in [0.05, 0.1) is 12.5 Å². The largest absolute Gasteiger partial charge is 0.481 e. The lowest BCUT2D eigenvalue weighted by atomic mass is 9.95. The number of guanidine groups is 1. The molecule has 42 heavy (non-hydrogen) atoms. The minimum Gasteiger partial charge on any atom is -0.481 e. The zero-order valence-corrected chi connectivity index (χ0v) is 25.2. The standard InChI is InChI=1S/C26H48N8O8/c1-7-14(6)20(34-23(39)19(13(4)5)32-21(37)15(27)11-17(35)36)24(40)33-18(12(2)3)22(38)31-16(25(41)42)9-8-10-30-26(28)29/h12-16,18-20H,7-11,27H2,1-6H3,(H,31,38)(H,32,37)(H,33,40)(H,34,39)(H,35,36)(H,41,42)(H4,28,29,30)/t14-,15-,16-,18-,19-,20-/m0/s1. The van der Waals surface area contributed by atoms with Gasteiger partial charge in [0.15, 0.2) is 5.96 Å². The molecule has 4 amide bonds. The first-order chi connectivity index (χ1) is 19.4. The second-order valence-corrected chi connectivity index (χ2v) is 10.9. The third kappa shape index (κ3) is 13.6. The third-order valence-electron chi connectivity index (χ3n) is 6.58. The number of nitrogens with one attached hydrogen (secondary N) is 4. The molecular weight excluding hydrogens is 552 g/mol. The Morgan fingerprint density at radius 2 is 1.19 bits per heavy atom. The number of rotatable bonds is 19. The Bertz CT molecular complexity index is 983. The Morgan fingerprint density at radius 3 is 1.62 bits per heavy atom.